The van der Waals surface area contributed by atoms with Crippen molar-refractivity contribution in [1.82, 2.24) is 0 Å². The summed E-state index contributed by atoms with van der Waals surface area (Å²) in [7, 11) is 4.18. The lowest BCUT2D eigenvalue weighted by Gasteiger charge is -2.13. The molecule has 0 fully saturated rings. The van der Waals surface area contributed by atoms with E-state index in [0.29, 0.717) is 26.0 Å². The topological polar surface area (TPSA) is 93.5 Å². The minimum Gasteiger partial charge on any atom is -0.492 e. The van der Waals surface area contributed by atoms with Gasteiger partial charge in [0.1, 0.15) is 5.70 Å². The molecule has 0 bridgehead atoms. The molecule has 112 valence electrons. The van der Waals surface area contributed by atoms with Crippen LogP contribution >= 0.6 is 31.9 Å². The molecular formula is C12H11Br2N3O4. The molecule has 0 heterocycles. The molecule has 0 aliphatic rings. The Morgan fingerprint density at radius 1 is 1.29 bits per heavy atom. The molecule has 0 saturated carbocycles. The molecule has 0 atom stereocenters. The highest BCUT2D eigenvalue weighted by molar-refractivity contribution is 9.11. The first-order valence-electron chi connectivity index (χ1n) is 5.45. The first kappa shape index (κ1) is 17.4. The lowest BCUT2D eigenvalue weighted by Crippen LogP contribution is -2.02. The number of hydrogen-bond donors (Lipinski definition) is 0. The molecule has 0 radical (unpaired) electrons. The number of methoxy groups -OCH3 is 3. The number of esters is 1. The number of nitrogens with zero attached hydrogens (tertiary/aromatic N) is 3. The molecule has 1 aromatic carbocycles. The van der Waals surface area contributed by atoms with E-state index in [4.69, 9.17) is 15.0 Å². The Kier molecular flexibility index (Phi) is 6.54. The Hall–Kier alpha value is -1.70. The summed E-state index contributed by atoms with van der Waals surface area (Å²) in [5.74, 6) is 0.179. The zero-order chi connectivity index (χ0) is 16.0. The van der Waals surface area contributed by atoms with Crippen LogP contribution in [0.4, 0.5) is 0 Å². The highest BCUT2D eigenvalue weighted by Gasteiger charge is 2.17. The minimum absolute atomic E-state index is 0.181. The van der Waals surface area contributed by atoms with Gasteiger partial charge in [-0.3, -0.25) is 0 Å². The van der Waals surface area contributed by atoms with Crippen molar-refractivity contribution >= 4 is 43.9 Å². The Balaban J connectivity index is 3.53. The van der Waals surface area contributed by atoms with E-state index in [9.17, 15) is 4.79 Å². The second-order valence-electron chi connectivity index (χ2n) is 3.54. The molecule has 7 nitrogen and oxygen atoms in total. The number of rotatable bonds is 5. The quantitative estimate of drug-likeness (QED) is 0.236. The van der Waals surface area contributed by atoms with Crippen molar-refractivity contribution in [2.45, 2.75) is 0 Å². The van der Waals surface area contributed by atoms with E-state index in [2.05, 4.69) is 46.6 Å². The summed E-state index contributed by atoms with van der Waals surface area (Å²) < 4.78 is 16.2. The van der Waals surface area contributed by atoms with E-state index < -0.39 is 5.97 Å². The number of carbonyl (C=O) groups excluding carboxylic acids is 1. The predicted octanol–water partition coefficient (Wildman–Crippen LogP) is 4.05. The largest absolute Gasteiger partial charge is 0.492 e. The van der Waals surface area contributed by atoms with Crippen molar-refractivity contribution in [3.8, 4) is 11.5 Å². The molecule has 9 heteroatoms. The Labute approximate surface area is 137 Å². The molecule has 0 aliphatic heterocycles. The van der Waals surface area contributed by atoms with Gasteiger partial charge in [0, 0.05) is 4.91 Å². The molecule has 0 N–H and O–H groups in total. The third kappa shape index (κ3) is 3.90. The van der Waals surface area contributed by atoms with E-state index in [1.54, 1.807) is 6.07 Å². The second-order valence-corrected chi connectivity index (χ2v) is 5.19. The first-order valence-corrected chi connectivity index (χ1v) is 7.03. The van der Waals surface area contributed by atoms with Crippen molar-refractivity contribution < 1.29 is 19.0 Å². The Bertz CT molecular complexity index is 640. The van der Waals surface area contributed by atoms with Gasteiger partial charge in [-0.1, -0.05) is 5.11 Å². The van der Waals surface area contributed by atoms with Gasteiger partial charge < -0.3 is 14.2 Å². The second kappa shape index (κ2) is 7.92. The SMILES string of the molecule is COC(=O)/C(=C/c1cc(Br)c(OC)c(OC)c1Br)N=[N+]=[N-]. The van der Waals surface area contributed by atoms with Crippen LogP contribution in [0.2, 0.25) is 0 Å². The smallest absolute Gasteiger partial charge is 0.340 e. The van der Waals surface area contributed by atoms with Crippen molar-refractivity contribution in [3.05, 3.63) is 36.7 Å². The van der Waals surface area contributed by atoms with Gasteiger partial charge in [0.2, 0.25) is 0 Å². The molecule has 0 aliphatic carbocycles. The fourth-order valence-corrected chi connectivity index (χ4v) is 2.67. The molecule has 0 saturated heterocycles. The lowest BCUT2D eigenvalue weighted by atomic mass is 10.1. The maximum Gasteiger partial charge on any atom is 0.340 e. The van der Waals surface area contributed by atoms with E-state index in [1.165, 1.54) is 27.4 Å². The highest BCUT2D eigenvalue weighted by Crippen LogP contribution is 2.43. The van der Waals surface area contributed by atoms with Gasteiger partial charge in [-0.2, -0.15) is 0 Å². The third-order valence-electron chi connectivity index (χ3n) is 2.41. The molecule has 0 spiro atoms. The monoisotopic (exact) mass is 419 g/mol. The molecule has 0 unspecified atom stereocenters. The summed E-state index contributed by atoms with van der Waals surface area (Å²) in [5.41, 5.74) is 8.88. The normalized spacial score (nSPS) is 10.6. The Morgan fingerprint density at radius 2 is 1.90 bits per heavy atom. The van der Waals surface area contributed by atoms with Crippen molar-refractivity contribution in [2.75, 3.05) is 21.3 Å². The predicted molar refractivity (Wildman–Crippen MR) is 84.1 cm³/mol. The number of azide groups is 1. The summed E-state index contributed by atoms with van der Waals surface area (Å²) in [5, 5.41) is 3.32. The fraction of sp³-hybridized carbons (Fsp3) is 0.250. The fourth-order valence-electron chi connectivity index (χ4n) is 1.51. The van der Waals surface area contributed by atoms with Crippen molar-refractivity contribution in [1.29, 1.82) is 0 Å². The van der Waals surface area contributed by atoms with Crippen LogP contribution in [0.5, 0.6) is 11.5 Å². The van der Waals surface area contributed by atoms with Crippen LogP contribution < -0.4 is 9.47 Å². The number of benzene rings is 1. The van der Waals surface area contributed by atoms with Crippen LogP contribution in [0.15, 0.2) is 25.8 Å². The summed E-state index contributed by atoms with van der Waals surface area (Å²) in [6.07, 6.45) is 1.38. The third-order valence-corrected chi connectivity index (χ3v) is 3.81. The van der Waals surface area contributed by atoms with Crippen molar-refractivity contribution in [2.24, 2.45) is 5.11 Å². The highest BCUT2D eigenvalue weighted by atomic mass is 79.9. The van der Waals surface area contributed by atoms with E-state index >= 15 is 0 Å². The van der Waals surface area contributed by atoms with E-state index in [-0.39, 0.29) is 5.70 Å². The molecule has 0 amide bonds. The van der Waals surface area contributed by atoms with Gasteiger partial charge in [-0.05, 0) is 55.1 Å². The maximum absolute atomic E-state index is 11.5. The van der Waals surface area contributed by atoms with Gasteiger partial charge in [-0.25, -0.2) is 4.79 Å². The molecule has 0 aromatic heterocycles. The van der Waals surface area contributed by atoms with Gasteiger partial charge in [0.25, 0.3) is 0 Å². The van der Waals surface area contributed by atoms with Crippen molar-refractivity contribution in [3.63, 3.8) is 0 Å². The number of halogens is 2. The van der Waals surface area contributed by atoms with Gasteiger partial charge >= 0.3 is 5.97 Å². The lowest BCUT2D eigenvalue weighted by molar-refractivity contribution is -0.136. The average molecular weight is 421 g/mol. The van der Waals surface area contributed by atoms with E-state index in [1.807, 2.05) is 0 Å². The van der Waals surface area contributed by atoms with Crippen LogP contribution in [-0.2, 0) is 9.53 Å². The average Bonchev–Trinajstić information content (AvgIpc) is 2.48. The van der Waals surface area contributed by atoms with Crippen LogP contribution in [-0.4, -0.2) is 27.3 Å². The van der Waals surface area contributed by atoms with Gasteiger partial charge in [-0.15, -0.1) is 0 Å². The summed E-state index contributed by atoms with van der Waals surface area (Å²) in [6.45, 7) is 0. The van der Waals surface area contributed by atoms with E-state index in [0.717, 1.165) is 0 Å². The standard InChI is InChI=1S/C12H11Br2N3O4/c1-19-10-7(13)4-6(9(14)11(10)20-2)5-8(16-17-15)12(18)21-3/h4-5H,1-3H3/b8-5-. The zero-order valence-electron chi connectivity index (χ0n) is 11.4. The zero-order valence-corrected chi connectivity index (χ0v) is 14.6. The number of ether oxygens (including phenoxy) is 3. The van der Waals surface area contributed by atoms with Crippen LogP contribution in [0, 0.1) is 0 Å². The first-order chi connectivity index (χ1) is 9.99. The number of hydrogen-bond acceptors (Lipinski definition) is 5. The Morgan fingerprint density at radius 3 is 2.38 bits per heavy atom. The summed E-state index contributed by atoms with van der Waals surface area (Å²) in [6, 6.07) is 1.68. The van der Waals surface area contributed by atoms with Crippen LogP contribution in [0.25, 0.3) is 16.5 Å². The van der Waals surface area contributed by atoms with Crippen LogP contribution in [0.1, 0.15) is 5.56 Å². The van der Waals surface area contributed by atoms with Gasteiger partial charge in [0.05, 0.1) is 30.3 Å². The minimum atomic E-state index is -0.745. The van der Waals surface area contributed by atoms with Crippen LogP contribution in [0.3, 0.4) is 0 Å². The number of carbonyl (C=O) groups is 1. The molecular weight excluding hydrogens is 410 g/mol. The summed E-state index contributed by atoms with van der Waals surface area (Å²) in [4.78, 5) is 14.1. The van der Waals surface area contributed by atoms with Gasteiger partial charge in [0.15, 0.2) is 11.5 Å². The molecule has 21 heavy (non-hydrogen) atoms. The molecule has 1 rings (SSSR count). The maximum atomic E-state index is 11.5. The summed E-state index contributed by atoms with van der Waals surface area (Å²) >= 11 is 6.70. The molecule has 1 aromatic rings.